The molecule has 0 radical (unpaired) electrons. The number of halogens is 2. The number of hydrogen-bond donors (Lipinski definition) is 7. The van der Waals surface area contributed by atoms with E-state index in [0.29, 0.717) is 0 Å². The van der Waals surface area contributed by atoms with Crippen LogP contribution in [0.15, 0.2) is 0 Å². The van der Waals surface area contributed by atoms with Gasteiger partial charge in [0.25, 0.3) is 0 Å². The molecule has 0 bridgehead atoms. The van der Waals surface area contributed by atoms with Crippen molar-refractivity contribution in [3.8, 4) is 0 Å². The van der Waals surface area contributed by atoms with Gasteiger partial charge in [0, 0.05) is 31.0 Å². The molecule has 0 saturated carbocycles. The van der Waals surface area contributed by atoms with Gasteiger partial charge in [-0.3, -0.25) is 22.6 Å². The third-order valence-electron chi connectivity index (χ3n) is 6.73. The second kappa shape index (κ2) is 18.9. The molecule has 0 aromatic carbocycles. The first-order chi connectivity index (χ1) is 19.2. The molecule has 8 atom stereocenters. The van der Waals surface area contributed by atoms with Gasteiger partial charge in [-0.05, 0) is 65.7 Å². The highest BCUT2D eigenvalue weighted by molar-refractivity contribution is 7.47. The smallest absolute Gasteiger partial charge is 0.396 e. The zero-order chi connectivity index (χ0) is 32.8. The summed E-state index contributed by atoms with van der Waals surface area (Å²) in [5.74, 6) is -1.33. The van der Waals surface area contributed by atoms with E-state index in [-0.39, 0.29) is 45.1 Å². The Labute approximate surface area is 246 Å². The number of nitrogens with one attached hydrogen (secondary N) is 2. The number of hydrogen-bond acceptors (Lipinski definition) is 11. The number of phosphoric ester groups is 3. The molecule has 15 nitrogen and oxygen atoms in total. The van der Waals surface area contributed by atoms with Crippen LogP contribution in [0.2, 0.25) is 0 Å². The van der Waals surface area contributed by atoms with Crippen LogP contribution in [0.5, 0.6) is 0 Å². The van der Waals surface area contributed by atoms with E-state index in [0.717, 1.165) is 0 Å². The van der Waals surface area contributed by atoms with Crippen LogP contribution in [0, 0.1) is 11.8 Å². The molecule has 0 aliphatic carbocycles. The molecule has 7 N–H and O–H groups in total. The van der Waals surface area contributed by atoms with E-state index in [2.05, 4.69) is 4.52 Å². The lowest BCUT2D eigenvalue weighted by molar-refractivity contribution is -0.0111. The maximum Gasteiger partial charge on any atom is 0.472 e. The largest absolute Gasteiger partial charge is 0.472 e. The molecule has 0 aromatic rings. The summed E-state index contributed by atoms with van der Waals surface area (Å²) in [5, 5.41) is 9.42. The Hall–Kier alpha value is 0.0700. The van der Waals surface area contributed by atoms with Crippen LogP contribution < -0.4 is 11.1 Å². The Kier molecular flexibility index (Phi) is 18.9. The molecule has 0 spiro atoms. The molecule has 0 amide bonds. The first kappa shape index (κ1) is 42.1. The first-order valence-corrected chi connectivity index (χ1v) is 18.1. The quantitative estimate of drug-likeness (QED) is 0.0530. The lowest BCUT2D eigenvalue weighted by atomic mass is 9.87. The minimum Gasteiger partial charge on any atom is -0.396 e. The second-order valence-electron chi connectivity index (χ2n) is 11.0. The molecular formula is C22H49F2N2O13P3. The van der Waals surface area contributed by atoms with Crippen molar-refractivity contribution < 1.29 is 70.0 Å². The van der Waals surface area contributed by atoms with Crippen molar-refractivity contribution in [2.24, 2.45) is 11.8 Å². The van der Waals surface area contributed by atoms with Gasteiger partial charge in [0.2, 0.25) is 0 Å². The Morgan fingerprint density at radius 2 is 1.21 bits per heavy atom. The monoisotopic (exact) mass is 680 g/mol. The third-order valence-corrected chi connectivity index (χ3v) is 9.54. The van der Waals surface area contributed by atoms with Gasteiger partial charge in [-0.15, -0.1) is 8.96 Å². The molecule has 254 valence electrons. The summed E-state index contributed by atoms with van der Waals surface area (Å²) in [6.45, 7) is 7.54. The van der Waals surface area contributed by atoms with E-state index in [4.69, 9.17) is 27.9 Å². The van der Waals surface area contributed by atoms with Crippen LogP contribution in [-0.2, 0) is 36.3 Å². The minimum absolute atomic E-state index is 0.0424. The van der Waals surface area contributed by atoms with Gasteiger partial charge < -0.3 is 24.7 Å². The Morgan fingerprint density at radius 3 is 1.67 bits per heavy atom. The zero-order valence-corrected chi connectivity index (χ0v) is 27.7. The summed E-state index contributed by atoms with van der Waals surface area (Å²) in [4.78, 5) is 38.7. The maximum atomic E-state index is 12.9. The van der Waals surface area contributed by atoms with Gasteiger partial charge in [0.15, 0.2) is 0 Å². The highest BCUT2D eigenvalue weighted by Crippen LogP contribution is 2.52. The second-order valence-corrected chi connectivity index (χ2v) is 15.0. The van der Waals surface area contributed by atoms with Gasteiger partial charge in [-0.2, -0.15) is 11.1 Å². The Morgan fingerprint density at radius 1 is 0.762 bits per heavy atom. The molecule has 42 heavy (non-hydrogen) atoms. The Bertz CT molecular complexity index is 921. The molecular weight excluding hydrogens is 631 g/mol. The van der Waals surface area contributed by atoms with Crippen molar-refractivity contribution >= 4 is 23.5 Å². The summed E-state index contributed by atoms with van der Waals surface area (Å²) in [7, 11) is -14.2. The van der Waals surface area contributed by atoms with Crippen LogP contribution in [0.4, 0.5) is 8.96 Å². The van der Waals surface area contributed by atoms with Gasteiger partial charge in [-0.1, -0.05) is 13.8 Å². The average Bonchev–Trinajstić information content (AvgIpc) is 2.88. The van der Waals surface area contributed by atoms with Gasteiger partial charge in [0.1, 0.15) is 0 Å². The Balaban J connectivity index is 5.26. The van der Waals surface area contributed by atoms with Gasteiger partial charge >= 0.3 is 23.5 Å². The molecule has 0 heterocycles. The van der Waals surface area contributed by atoms with Crippen molar-refractivity contribution in [3.63, 3.8) is 0 Å². The fraction of sp³-hybridized carbons (Fsp3) is 1.00. The standard InChI is InChI=1S/C22H49F2N2O13P3/c1-7-21(5,38-42(33,34)37-16-20(14-27)12-18(4)26-24)9-10-35-41(31,32)39-22(6,8-2)13-19(11-17(3)25-23)15-36-40(28,29)30/h17-20,25-27H,7-16H2,1-6H3,(H,31,32)(H,33,34)(H2,28,29,30). The van der Waals surface area contributed by atoms with Gasteiger partial charge in [0.05, 0.1) is 31.0 Å². The average molecular weight is 681 g/mol. The van der Waals surface area contributed by atoms with E-state index >= 15 is 0 Å². The van der Waals surface area contributed by atoms with Crippen LogP contribution in [0.3, 0.4) is 0 Å². The summed E-state index contributed by atoms with van der Waals surface area (Å²) in [6, 6.07) is -1.33. The van der Waals surface area contributed by atoms with Crippen molar-refractivity contribution in [2.45, 2.75) is 103 Å². The van der Waals surface area contributed by atoms with E-state index in [1.165, 1.54) is 38.8 Å². The SMILES string of the molecule is CCC(C)(CCOP(=O)(O)OC(C)(CC)CC(COP(=O)(O)O)CC(C)NF)OP(=O)(O)OCC(CO)CC(C)NF. The molecule has 0 saturated heterocycles. The molecule has 8 unspecified atom stereocenters. The summed E-state index contributed by atoms with van der Waals surface area (Å²) >= 11 is 0. The first-order valence-electron chi connectivity index (χ1n) is 13.6. The minimum atomic E-state index is -4.82. The van der Waals surface area contributed by atoms with Crippen molar-refractivity contribution in [2.75, 3.05) is 26.4 Å². The lowest BCUT2D eigenvalue weighted by Crippen LogP contribution is -2.34. The topological polar surface area (TPSA) is 223 Å². The van der Waals surface area contributed by atoms with Crippen LogP contribution >= 0.6 is 23.5 Å². The summed E-state index contributed by atoms with van der Waals surface area (Å²) in [6.07, 6.45) is 0.338. The molecule has 0 aliphatic rings. The fourth-order valence-electron chi connectivity index (χ4n) is 4.03. The molecule has 0 aromatic heterocycles. The fourth-order valence-corrected chi connectivity index (χ4v) is 6.80. The van der Waals surface area contributed by atoms with Crippen LogP contribution in [-0.4, -0.2) is 74.4 Å². The molecule has 0 fully saturated rings. The van der Waals surface area contributed by atoms with Crippen LogP contribution in [0.1, 0.15) is 80.1 Å². The predicted octanol–water partition coefficient (Wildman–Crippen LogP) is 4.21. The predicted molar refractivity (Wildman–Crippen MR) is 149 cm³/mol. The van der Waals surface area contributed by atoms with Gasteiger partial charge in [-0.25, -0.2) is 13.7 Å². The lowest BCUT2D eigenvalue weighted by Gasteiger charge is -2.34. The molecule has 0 rings (SSSR count). The molecule has 20 heteroatoms. The number of aliphatic hydroxyl groups is 1. The number of aliphatic hydroxyl groups excluding tert-OH is 1. The molecule has 0 aliphatic heterocycles. The van der Waals surface area contributed by atoms with E-state index in [9.17, 15) is 37.6 Å². The highest BCUT2D eigenvalue weighted by Gasteiger charge is 2.39. The van der Waals surface area contributed by atoms with E-state index < -0.39 is 78.4 Å². The van der Waals surface area contributed by atoms with E-state index in [1.54, 1.807) is 13.8 Å². The van der Waals surface area contributed by atoms with Crippen molar-refractivity contribution in [1.82, 2.24) is 11.1 Å². The number of phosphoric acid groups is 3. The van der Waals surface area contributed by atoms with Crippen molar-refractivity contribution in [3.05, 3.63) is 0 Å². The summed E-state index contributed by atoms with van der Waals surface area (Å²) in [5.41, 5.74) is 0.347. The van der Waals surface area contributed by atoms with Crippen LogP contribution in [0.25, 0.3) is 0 Å². The van der Waals surface area contributed by atoms with E-state index in [1.807, 2.05) is 0 Å². The summed E-state index contributed by atoms with van der Waals surface area (Å²) < 4.78 is 87.3. The van der Waals surface area contributed by atoms with Crippen molar-refractivity contribution in [1.29, 1.82) is 0 Å². The zero-order valence-electron chi connectivity index (χ0n) is 25.0. The highest BCUT2D eigenvalue weighted by atomic mass is 31.2. The number of rotatable bonds is 25. The normalized spacial score (nSPS) is 21.4. The maximum absolute atomic E-state index is 12.9. The third kappa shape index (κ3) is 18.8.